The van der Waals surface area contributed by atoms with Crippen LogP contribution < -0.4 is 9.47 Å². The molecule has 218 valence electrons. The molecule has 0 aliphatic heterocycles. The fourth-order valence-electron chi connectivity index (χ4n) is 6.52. The van der Waals surface area contributed by atoms with Crippen molar-refractivity contribution in [2.24, 2.45) is 22.7 Å². The summed E-state index contributed by atoms with van der Waals surface area (Å²) in [5, 5.41) is 23.7. The van der Waals surface area contributed by atoms with Crippen LogP contribution in [0.4, 0.5) is 0 Å². The number of methoxy groups -OCH3 is 1. The number of ether oxygens (including phenoxy) is 2. The Balaban J connectivity index is 1.76. The summed E-state index contributed by atoms with van der Waals surface area (Å²) in [5.74, 6) is -2.24. The van der Waals surface area contributed by atoms with Gasteiger partial charge in [0.05, 0.1) is 36.2 Å². The number of aliphatic hydroxyl groups excluding tert-OH is 2. The Morgan fingerprint density at radius 1 is 0.875 bits per heavy atom. The first-order valence-electron chi connectivity index (χ1n) is 13.5. The Bertz CT molecular complexity index is 1250. The number of benzene rings is 2. The van der Waals surface area contributed by atoms with Crippen LogP contribution in [0.25, 0.3) is 0 Å². The summed E-state index contributed by atoms with van der Waals surface area (Å²) in [6.07, 6.45) is -0.636. The summed E-state index contributed by atoms with van der Waals surface area (Å²) in [5.41, 5.74) is 0.492. The third kappa shape index (κ3) is 6.63. The number of carbonyl (C=O) groups excluding carboxylic acids is 2. The average molecular weight is 612 g/mol. The van der Waals surface area contributed by atoms with Gasteiger partial charge in [0.25, 0.3) is 0 Å². The number of hydrogen-bond acceptors (Lipinski definition) is 6. The topological polar surface area (TPSA) is 93.1 Å². The van der Waals surface area contributed by atoms with E-state index in [0.29, 0.717) is 39.8 Å². The average Bonchev–Trinajstić information content (AvgIpc) is 2.80. The Kier molecular flexibility index (Phi) is 9.19. The molecule has 2 aliphatic rings. The predicted molar refractivity (Wildman–Crippen MR) is 157 cm³/mol. The lowest BCUT2D eigenvalue weighted by Crippen LogP contribution is -2.51. The number of carbonyl (C=O) groups is 2. The Hall–Kier alpha value is -1.83. The lowest BCUT2D eigenvalue weighted by Gasteiger charge is -2.46. The lowest BCUT2D eigenvalue weighted by molar-refractivity contribution is -0.144. The Morgan fingerprint density at radius 2 is 1.43 bits per heavy atom. The second kappa shape index (κ2) is 11.8. The highest BCUT2D eigenvalue weighted by atomic mass is 35.5. The van der Waals surface area contributed by atoms with E-state index >= 15 is 0 Å². The lowest BCUT2D eigenvalue weighted by atomic mass is 9.58. The molecule has 0 amide bonds. The zero-order valence-electron chi connectivity index (χ0n) is 23.5. The van der Waals surface area contributed by atoms with Gasteiger partial charge in [0.1, 0.15) is 18.2 Å². The molecule has 0 saturated heterocycles. The summed E-state index contributed by atoms with van der Waals surface area (Å²) in [7, 11) is 1.47. The first-order chi connectivity index (χ1) is 18.6. The minimum atomic E-state index is -0.982. The largest absolute Gasteiger partial charge is 0.493 e. The van der Waals surface area contributed by atoms with Crippen molar-refractivity contribution in [3.05, 3.63) is 56.5 Å². The molecule has 4 rings (SSSR count). The Morgan fingerprint density at radius 3 is 1.90 bits per heavy atom. The monoisotopic (exact) mass is 610 g/mol. The van der Waals surface area contributed by atoms with Crippen molar-refractivity contribution in [2.75, 3.05) is 7.11 Å². The molecule has 2 N–H and O–H groups in total. The van der Waals surface area contributed by atoms with E-state index in [4.69, 9.17) is 44.3 Å². The van der Waals surface area contributed by atoms with E-state index in [-0.39, 0.29) is 52.6 Å². The standard InChI is InChI=1S/C31H37Cl3O6/c1-30(2)11-21(35)27(22(36)12-30)26(28-23(37)13-31(3,4)14-24(28)38)17-8-20(34)29(25(9-17)39-5)40-15-16-6-7-18(32)10-19(16)33/h6-10,21,23,26-28,35,37H,11-15H2,1-5H3/t21-,23-,27-,28-/m0/s1. The van der Waals surface area contributed by atoms with Crippen LogP contribution in [0.5, 0.6) is 11.5 Å². The molecule has 2 saturated carbocycles. The van der Waals surface area contributed by atoms with E-state index in [1.54, 1.807) is 30.3 Å². The maximum absolute atomic E-state index is 13.6. The van der Waals surface area contributed by atoms with Crippen molar-refractivity contribution in [3.63, 3.8) is 0 Å². The van der Waals surface area contributed by atoms with E-state index in [1.807, 2.05) is 27.7 Å². The molecule has 2 aliphatic carbocycles. The van der Waals surface area contributed by atoms with Crippen molar-refractivity contribution >= 4 is 46.4 Å². The van der Waals surface area contributed by atoms with E-state index in [9.17, 15) is 19.8 Å². The van der Waals surface area contributed by atoms with E-state index in [0.717, 1.165) is 0 Å². The summed E-state index contributed by atoms with van der Waals surface area (Å²) in [6, 6.07) is 8.42. The summed E-state index contributed by atoms with van der Waals surface area (Å²) in [6.45, 7) is 7.88. The zero-order valence-corrected chi connectivity index (χ0v) is 25.7. The van der Waals surface area contributed by atoms with Crippen molar-refractivity contribution < 1.29 is 29.3 Å². The SMILES string of the molecule is COc1cc(C([C@@H]2C(=O)CC(C)(C)C[C@@H]2O)[C@@H]2C(=O)CC(C)(C)C[C@@H]2O)cc(Cl)c1OCc1ccc(Cl)cc1Cl. The number of Topliss-reactive ketones (excluding diaryl/α,β-unsaturated/α-hetero) is 2. The normalized spacial score (nSPS) is 26.2. The van der Waals surface area contributed by atoms with Crippen LogP contribution in [0.1, 0.15) is 70.4 Å². The first kappa shape index (κ1) is 31.1. The molecular formula is C31H37Cl3O6. The van der Waals surface area contributed by atoms with Gasteiger partial charge >= 0.3 is 0 Å². The van der Waals surface area contributed by atoms with Crippen molar-refractivity contribution in [1.82, 2.24) is 0 Å². The smallest absolute Gasteiger partial charge is 0.180 e. The van der Waals surface area contributed by atoms with E-state index in [1.165, 1.54) is 7.11 Å². The number of rotatable bonds is 7. The molecule has 0 aromatic heterocycles. The third-order valence-corrected chi connectivity index (χ3v) is 9.07. The molecule has 0 bridgehead atoms. The van der Waals surface area contributed by atoms with Gasteiger partial charge in [-0.15, -0.1) is 0 Å². The molecule has 2 fully saturated rings. The molecule has 0 spiro atoms. The molecule has 6 nitrogen and oxygen atoms in total. The second-order valence-electron chi connectivity index (χ2n) is 12.8. The van der Waals surface area contributed by atoms with Gasteiger partial charge in [0.15, 0.2) is 11.5 Å². The molecular weight excluding hydrogens is 575 g/mol. The molecule has 4 atom stereocenters. The van der Waals surface area contributed by atoms with Gasteiger partial charge in [-0.1, -0.05) is 68.6 Å². The van der Waals surface area contributed by atoms with Gasteiger partial charge < -0.3 is 19.7 Å². The highest BCUT2D eigenvalue weighted by Gasteiger charge is 2.52. The van der Waals surface area contributed by atoms with Crippen molar-refractivity contribution in [2.45, 2.75) is 78.1 Å². The zero-order chi connectivity index (χ0) is 29.6. The minimum absolute atomic E-state index is 0.0959. The van der Waals surface area contributed by atoms with Crippen LogP contribution in [-0.4, -0.2) is 41.1 Å². The number of aliphatic hydroxyl groups is 2. The minimum Gasteiger partial charge on any atom is -0.493 e. The van der Waals surface area contributed by atoms with Gasteiger partial charge in [-0.2, -0.15) is 0 Å². The Labute approximate surface area is 250 Å². The molecule has 40 heavy (non-hydrogen) atoms. The second-order valence-corrected chi connectivity index (χ2v) is 14.0. The van der Waals surface area contributed by atoms with Crippen LogP contribution in [0.2, 0.25) is 15.1 Å². The fraction of sp³-hybridized carbons (Fsp3) is 0.548. The molecule has 0 radical (unpaired) electrons. The summed E-state index contributed by atoms with van der Waals surface area (Å²) >= 11 is 19.1. The maximum atomic E-state index is 13.6. The van der Waals surface area contributed by atoms with Crippen LogP contribution in [-0.2, 0) is 16.2 Å². The van der Waals surface area contributed by atoms with Crippen molar-refractivity contribution in [3.8, 4) is 11.5 Å². The van der Waals surface area contributed by atoms with Gasteiger partial charge in [0.2, 0.25) is 0 Å². The van der Waals surface area contributed by atoms with Gasteiger partial charge in [-0.3, -0.25) is 9.59 Å². The number of halogens is 3. The number of ketones is 2. The van der Waals surface area contributed by atoms with Gasteiger partial charge in [-0.25, -0.2) is 0 Å². The van der Waals surface area contributed by atoms with E-state index < -0.39 is 30.0 Å². The quantitative estimate of drug-likeness (QED) is 0.349. The first-order valence-corrected chi connectivity index (χ1v) is 14.6. The van der Waals surface area contributed by atoms with Crippen LogP contribution in [0, 0.1) is 22.7 Å². The maximum Gasteiger partial charge on any atom is 0.180 e. The fourth-order valence-corrected chi connectivity index (χ4v) is 7.25. The van der Waals surface area contributed by atoms with Gasteiger partial charge in [-0.05, 0) is 53.5 Å². The highest BCUT2D eigenvalue weighted by molar-refractivity contribution is 6.35. The molecule has 2 aromatic carbocycles. The highest BCUT2D eigenvalue weighted by Crippen LogP contribution is 2.51. The van der Waals surface area contributed by atoms with Crippen LogP contribution in [0.3, 0.4) is 0 Å². The van der Waals surface area contributed by atoms with E-state index in [2.05, 4.69) is 0 Å². The third-order valence-electron chi connectivity index (χ3n) is 8.20. The van der Waals surface area contributed by atoms with Crippen molar-refractivity contribution in [1.29, 1.82) is 0 Å². The molecule has 2 aromatic rings. The molecule has 0 unspecified atom stereocenters. The molecule has 0 heterocycles. The molecule has 9 heteroatoms. The van der Waals surface area contributed by atoms with Crippen LogP contribution >= 0.6 is 34.8 Å². The predicted octanol–water partition coefficient (Wildman–Crippen LogP) is 7.05. The summed E-state index contributed by atoms with van der Waals surface area (Å²) < 4.78 is 11.7. The van der Waals surface area contributed by atoms with Gasteiger partial charge in [0, 0.05) is 34.4 Å². The summed E-state index contributed by atoms with van der Waals surface area (Å²) in [4.78, 5) is 27.2. The van der Waals surface area contributed by atoms with Crippen LogP contribution in [0.15, 0.2) is 30.3 Å². The number of hydrogen-bond donors (Lipinski definition) is 2.